The summed E-state index contributed by atoms with van der Waals surface area (Å²) in [5.74, 6) is 1.31. The molecule has 0 fully saturated rings. The van der Waals surface area contributed by atoms with Crippen molar-refractivity contribution in [2.24, 2.45) is 10.2 Å². The van der Waals surface area contributed by atoms with Crippen molar-refractivity contribution in [3.05, 3.63) is 84.7 Å². The van der Waals surface area contributed by atoms with Crippen molar-refractivity contribution in [1.82, 2.24) is 4.98 Å². The Kier molecular flexibility index (Phi) is 6.23. The minimum Gasteiger partial charge on any atom is -0.496 e. The second kappa shape index (κ2) is 9.61. The number of thioether (sulfide) groups is 1. The molecule has 168 valence electrons. The van der Waals surface area contributed by atoms with Gasteiger partial charge in [-0.1, -0.05) is 36.4 Å². The number of carbonyl (C=O) groups is 1. The Morgan fingerprint density at radius 3 is 2.53 bits per heavy atom. The molecule has 0 atom stereocenters. The molecule has 6 heteroatoms. The Labute approximate surface area is 202 Å². The fourth-order valence-electron chi connectivity index (χ4n) is 4.02. The number of methoxy groups -OCH3 is 1. The molecule has 0 N–H and O–H groups in total. The minimum absolute atomic E-state index is 0.130. The quantitative estimate of drug-likeness (QED) is 0.330. The SMILES string of the molecule is COc1ccncc1-c1cc(C2=NN=C(SCC(C)=O)C2)cc(-c2ccc3ccccc3c2)c1. The highest BCUT2D eigenvalue weighted by Gasteiger charge is 2.18. The molecule has 3 aromatic carbocycles. The summed E-state index contributed by atoms with van der Waals surface area (Å²) in [7, 11) is 1.67. The number of nitrogens with zero attached hydrogens (tertiary/aromatic N) is 3. The molecule has 1 aliphatic heterocycles. The normalized spacial score (nSPS) is 13.0. The van der Waals surface area contributed by atoms with Gasteiger partial charge in [-0.3, -0.25) is 9.78 Å². The van der Waals surface area contributed by atoms with E-state index in [1.54, 1.807) is 20.2 Å². The lowest BCUT2D eigenvalue weighted by atomic mass is 9.93. The summed E-state index contributed by atoms with van der Waals surface area (Å²) in [4.78, 5) is 15.7. The fourth-order valence-corrected chi connectivity index (χ4v) is 4.72. The van der Waals surface area contributed by atoms with Crippen molar-refractivity contribution < 1.29 is 9.53 Å². The molecule has 0 unspecified atom stereocenters. The number of ketones is 1. The molecular weight excluding hydrogens is 442 g/mol. The van der Waals surface area contributed by atoms with E-state index in [0.29, 0.717) is 12.2 Å². The largest absolute Gasteiger partial charge is 0.496 e. The first kappa shape index (κ1) is 22.0. The Morgan fingerprint density at radius 2 is 1.71 bits per heavy atom. The molecule has 0 saturated heterocycles. The molecule has 5 nitrogen and oxygen atoms in total. The monoisotopic (exact) mass is 465 g/mol. The first-order valence-corrected chi connectivity index (χ1v) is 12.0. The topological polar surface area (TPSA) is 63.9 Å². The number of pyridine rings is 1. The average Bonchev–Trinajstić information content (AvgIpc) is 3.36. The lowest BCUT2D eigenvalue weighted by Gasteiger charge is -2.13. The molecule has 2 heterocycles. The molecule has 34 heavy (non-hydrogen) atoms. The number of rotatable bonds is 6. The third-order valence-electron chi connectivity index (χ3n) is 5.70. The minimum atomic E-state index is 0.130. The number of hydrogen-bond acceptors (Lipinski definition) is 6. The van der Waals surface area contributed by atoms with Crippen LogP contribution in [0.15, 0.2) is 89.3 Å². The van der Waals surface area contributed by atoms with Gasteiger partial charge in [0.25, 0.3) is 0 Å². The van der Waals surface area contributed by atoms with Crippen molar-refractivity contribution in [2.75, 3.05) is 12.9 Å². The second-order valence-corrected chi connectivity index (χ2v) is 9.19. The maximum atomic E-state index is 11.4. The summed E-state index contributed by atoms with van der Waals surface area (Å²) >= 11 is 1.46. The molecule has 0 amide bonds. The van der Waals surface area contributed by atoms with Crippen LogP contribution in [0.2, 0.25) is 0 Å². The zero-order valence-corrected chi connectivity index (χ0v) is 19.8. The Balaban J connectivity index is 1.58. The van der Waals surface area contributed by atoms with Crippen LogP contribution in [0, 0.1) is 0 Å². The number of Topliss-reactive ketones (excluding diaryl/α,β-unsaturated/α-hetero) is 1. The van der Waals surface area contributed by atoms with E-state index in [2.05, 4.69) is 75.9 Å². The van der Waals surface area contributed by atoms with Crippen molar-refractivity contribution in [3.8, 4) is 28.0 Å². The van der Waals surface area contributed by atoms with Gasteiger partial charge in [-0.25, -0.2) is 0 Å². The summed E-state index contributed by atoms with van der Waals surface area (Å²) < 4.78 is 5.61. The Bertz CT molecular complexity index is 1460. The maximum absolute atomic E-state index is 11.4. The van der Waals surface area contributed by atoms with Gasteiger partial charge in [0.2, 0.25) is 0 Å². The van der Waals surface area contributed by atoms with Crippen LogP contribution in [0.25, 0.3) is 33.0 Å². The van der Waals surface area contributed by atoms with Crippen LogP contribution in [0.1, 0.15) is 18.9 Å². The molecule has 5 rings (SSSR count). The van der Waals surface area contributed by atoms with E-state index in [-0.39, 0.29) is 5.78 Å². The van der Waals surface area contributed by atoms with Crippen LogP contribution >= 0.6 is 11.8 Å². The molecular formula is C28H23N3O2S. The van der Waals surface area contributed by atoms with Gasteiger partial charge in [-0.05, 0) is 70.3 Å². The molecule has 0 bridgehead atoms. The van der Waals surface area contributed by atoms with Crippen LogP contribution < -0.4 is 4.74 Å². The zero-order valence-electron chi connectivity index (χ0n) is 19.0. The van der Waals surface area contributed by atoms with Gasteiger partial charge in [-0.15, -0.1) is 16.9 Å². The second-order valence-electron chi connectivity index (χ2n) is 8.14. The van der Waals surface area contributed by atoms with Crippen LogP contribution in [0.5, 0.6) is 5.75 Å². The lowest BCUT2D eigenvalue weighted by Crippen LogP contribution is -2.05. The van der Waals surface area contributed by atoms with Crippen LogP contribution in [-0.2, 0) is 4.79 Å². The molecule has 4 aromatic rings. The number of fused-ring (bicyclic) bond motifs is 1. The van der Waals surface area contributed by atoms with Crippen LogP contribution in [-0.4, -0.2) is 34.4 Å². The summed E-state index contributed by atoms with van der Waals surface area (Å²) in [5, 5.41) is 12.0. The highest BCUT2D eigenvalue weighted by molar-refractivity contribution is 8.14. The van der Waals surface area contributed by atoms with Crippen LogP contribution in [0.3, 0.4) is 0 Å². The number of benzene rings is 3. The van der Waals surface area contributed by atoms with Crippen molar-refractivity contribution in [1.29, 1.82) is 0 Å². The number of ether oxygens (including phenoxy) is 1. The van der Waals surface area contributed by atoms with Gasteiger partial charge in [0.05, 0.1) is 18.6 Å². The van der Waals surface area contributed by atoms with E-state index < -0.39 is 0 Å². The number of hydrogen-bond donors (Lipinski definition) is 0. The van der Waals surface area contributed by atoms with Gasteiger partial charge in [-0.2, -0.15) is 5.10 Å². The summed E-state index contributed by atoms with van der Waals surface area (Å²) in [6, 6.07) is 23.1. The van der Waals surface area contributed by atoms with Crippen molar-refractivity contribution in [3.63, 3.8) is 0 Å². The van der Waals surface area contributed by atoms with E-state index in [4.69, 9.17) is 4.74 Å². The van der Waals surface area contributed by atoms with Gasteiger partial charge in [0.15, 0.2) is 0 Å². The summed E-state index contributed by atoms with van der Waals surface area (Å²) in [6.07, 6.45) is 4.16. The van der Waals surface area contributed by atoms with Gasteiger partial charge >= 0.3 is 0 Å². The van der Waals surface area contributed by atoms with Crippen LogP contribution in [0.4, 0.5) is 0 Å². The van der Waals surface area contributed by atoms with Crippen molar-refractivity contribution >= 4 is 39.1 Å². The highest BCUT2D eigenvalue weighted by Crippen LogP contribution is 2.35. The van der Waals surface area contributed by atoms with E-state index in [0.717, 1.165) is 44.3 Å². The number of carbonyl (C=O) groups excluding carboxylic acids is 1. The maximum Gasteiger partial charge on any atom is 0.140 e. The predicted octanol–water partition coefficient (Wildman–Crippen LogP) is 6.41. The summed E-state index contributed by atoms with van der Waals surface area (Å²) in [6.45, 7) is 1.59. The third-order valence-corrected chi connectivity index (χ3v) is 6.81. The van der Waals surface area contributed by atoms with Gasteiger partial charge in [0, 0.05) is 24.4 Å². The van der Waals surface area contributed by atoms with Gasteiger partial charge in [0.1, 0.15) is 16.6 Å². The standard InChI is InChI=1S/C28H23N3O2S/c1-18(32)17-34-28-15-26(30-31-28)24-13-22(21-8-7-19-5-3-4-6-20(19)11-21)12-23(14-24)25-16-29-10-9-27(25)33-2/h3-14,16H,15,17H2,1-2H3. The molecule has 0 aliphatic carbocycles. The molecule has 1 aliphatic rings. The average molecular weight is 466 g/mol. The highest BCUT2D eigenvalue weighted by atomic mass is 32.2. The lowest BCUT2D eigenvalue weighted by molar-refractivity contribution is -0.114. The van der Waals surface area contributed by atoms with E-state index >= 15 is 0 Å². The predicted molar refractivity (Wildman–Crippen MR) is 141 cm³/mol. The van der Waals surface area contributed by atoms with E-state index in [9.17, 15) is 4.79 Å². The zero-order chi connectivity index (χ0) is 23.5. The number of aromatic nitrogens is 1. The first-order valence-electron chi connectivity index (χ1n) is 11.0. The van der Waals surface area contributed by atoms with Crippen molar-refractivity contribution in [2.45, 2.75) is 13.3 Å². The Hall–Kier alpha value is -3.77. The summed E-state index contributed by atoms with van der Waals surface area (Å²) in [5.41, 5.74) is 6.00. The third kappa shape index (κ3) is 4.63. The molecule has 0 radical (unpaired) electrons. The fraction of sp³-hybridized carbons (Fsp3) is 0.143. The molecule has 0 spiro atoms. The smallest absolute Gasteiger partial charge is 0.140 e. The van der Waals surface area contributed by atoms with E-state index in [1.807, 2.05) is 12.3 Å². The first-order chi connectivity index (χ1) is 16.6. The molecule has 1 aromatic heterocycles. The van der Waals surface area contributed by atoms with E-state index in [1.165, 1.54) is 22.5 Å². The molecule has 0 saturated carbocycles. The Morgan fingerprint density at radius 1 is 0.912 bits per heavy atom. The van der Waals surface area contributed by atoms with Gasteiger partial charge < -0.3 is 4.74 Å².